The first-order valence-corrected chi connectivity index (χ1v) is 13.6. The first-order valence-electron chi connectivity index (χ1n) is 13.6. The zero-order valence-corrected chi connectivity index (χ0v) is 23.9. The largest absolute Gasteiger partial charge is 0.457 e. The Hall–Kier alpha value is -5.43. The fourth-order valence-corrected chi connectivity index (χ4v) is 4.61. The van der Waals surface area contributed by atoms with E-state index in [0.29, 0.717) is 23.0 Å². The second kappa shape index (κ2) is 11.2. The van der Waals surface area contributed by atoms with Gasteiger partial charge in [-0.2, -0.15) is 0 Å². The van der Waals surface area contributed by atoms with Crippen LogP contribution in [0.15, 0.2) is 109 Å². The number of aryl methyl sites for hydroxylation is 4. The van der Waals surface area contributed by atoms with Gasteiger partial charge in [0, 0.05) is 37.6 Å². The minimum absolute atomic E-state index is 0.254. The van der Waals surface area contributed by atoms with Crippen LogP contribution in [0.4, 0.5) is 0 Å². The van der Waals surface area contributed by atoms with E-state index in [9.17, 15) is 4.79 Å². The van der Waals surface area contributed by atoms with Crippen LogP contribution in [0.5, 0.6) is 23.0 Å². The molecule has 6 aromatic rings. The number of benzene rings is 4. The Kier molecular flexibility index (Phi) is 7.15. The van der Waals surface area contributed by atoms with Crippen molar-refractivity contribution in [1.82, 2.24) is 19.1 Å². The van der Waals surface area contributed by atoms with Gasteiger partial charge < -0.3 is 18.6 Å². The van der Waals surface area contributed by atoms with Crippen molar-refractivity contribution in [1.29, 1.82) is 0 Å². The molecule has 0 amide bonds. The molecule has 2 heterocycles. The van der Waals surface area contributed by atoms with Gasteiger partial charge in [-0.15, -0.1) is 0 Å². The summed E-state index contributed by atoms with van der Waals surface area (Å²) in [7, 11) is 3.63. The van der Waals surface area contributed by atoms with Gasteiger partial charge in [-0.1, -0.05) is 35.4 Å². The normalized spacial score (nSPS) is 11.0. The van der Waals surface area contributed by atoms with E-state index < -0.39 is 0 Å². The predicted octanol–water partition coefficient (Wildman–Crippen LogP) is 7.92. The fraction of sp³-hybridized carbons (Fsp3) is 0.114. The topological polar surface area (TPSA) is 71.2 Å². The van der Waals surface area contributed by atoms with Crippen molar-refractivity contribution < 1.29 is 14.3 Å². The molecule has 0 aliphatic heterocycles. The Labute approximate surface area is 244 Å². The molecule has 6 rings (SSSR count). The van der Waals surface area contributed by atoms with Crippen LogP contribution in [-0.4, -0.2) is 24.9 Å². The molecule has 42 heavy (non-hydrogen) atoms. The first-order chi connectivity index (χ1) is 20.3. The highest BCUT2D eigenvalue weighted by Crippen LogP contribution is 2.28. The van der Waals surface area contributed by atoms with Crippen molar-refractivity contribution in [3.05, 3.63) is 132 Å². The average Bonchev–Trinajstić information content (AvgIpc) is 3.58. The number of rotatable bonds is 8. The summed E-state index contributed by atoms with van der Waals surface area (Å²) in [6, 6.07) is 31.2. The summed E-state index contributed by atoms with van der Waals surface area (Å²) in [6.45, 7) is 4.08. The Morgan fingerprint density at radius 3 is 1.17 bits per heavy atom. The van der Waals surface area contributed by atoms with Crippen molar-refractivity contribution >= 4 is 5.78 Å². The van der Waals surface area contributed by atoms with Gasteiger partial charge >= 0.3 is 0 Å². The van der Waals surface area contributed by atoms with Crippen LogP contribution in [0.3, 0.4) is 0 Å². The quantitative estimate of drug-likeness (QED) is 0.179. The number of carbonyl (C=O) groups excluding carboxylic acids is 1. The lowest BCUT2D eigenvalue weighted by Crippen LogP contribution is -2.13. The fourth-order valence-electron chi connectivity index (χ4n) is 4.61. The Balaban J connectivity index is 1.17. The molecule has 0 aliphatic carbocycles. The van der Waals surface area contributed by atoms with E-state index in [4.69, 9.17) is 9.47 Å². The highest BCUT2D eigenvalue weighted by Gasteiger charge is 2.22. The minimum Gasteiger partial charge on any atom is -0.457 e. The first kappa shape index (κ1) is 26.8. The third-order valence-corrected chi connectivity index (χ3v) is 6.97. The molecule has 0 saturated carbocycles. The van der Waals surface area contributed by atoms with E-state index in [2.05, 4.69) is 9.97 Å². The van der Waals surface area contributed by atoms with Gasteiger partial charge in [-0.05, 0) is 86.6 Å². The zero-order valence-electron chi connectivity index (χ0n) is 23.9. The number of carbonyl (C=O) groups is 1. The van der Waals surface area contributed by atoms with Gasteiger partial charge in [0.15, 0.2) is 11.6 Å². The van der Waals surface area contributed by atoms with Crippen LogP contribution < -0.4 is 9.47 Å². The molecule has 0 unspecified atom stereocenters. The van der Waals surface area contributed by atoms with Crippen molar-refractivity contribution in [2.24, 2.45) is 14.1 Å². The van der Waals surface area contributed by atoms with Crippen LogP contribution in [0, 0.1) is 13.8 Å². The summed E-state index contributed by atoms with van der Waals surface area (Å²) in [6.07, 6.45) is 3.69. The maximum absolute atomic E-state index is 13.5. The lowest BCUT2D eigenvalue weighted by Gasteiger charge is -2.06. The van der Waals surface area contributed by atoms with E-state index in [0.717, 1.165) is 34.1 Å². The number of ether oxygens (including phenoxy) is 2. The number of ketones is 1. The second-order valence-corrected chi connectivity index (χ2v) is 10.3. The van der Waals surface area contributed by atoms with Gasteiger partial charge in [0.05, 0.1) is 11.4 Å². The summed E-state index contributed by atoms with van der Waals surface area (Å²) in [5.74, 6) is 3.38. The lowest BCUT2D eigenvalue weighted by atomic mass is 10.1. The van der Waals surface area contributed by atoms with E-state index in [1.165, 1.54) is 11.1 Å². The molecule has 0 spiro atoms. The summed E-state index contributed by atoms with van der Waals surface area (Å²) in [5, 5.41) is 0. The number of nitrogens with zero attached hydrogens (tertiary/aromatic N) is 4. The monoisotopic (exact) mass is 554 g/mol. The summed E-state index contributed by atoms with van der Waals surface area (Å²) in [5.41, 5.74) is 5.52. The van der Waals surface area contributed by atoms with E-state index in [1.807, 2.05) is 137 Å². The molecular formula is C35H30N4O3. The number of hydrogen-bond donors (Lipinski definition) is 0. The van der Waals surface area contributed by atoms with Crippen LogP contribution >= 0.6 is 0 Å². The van der Waals surface area contributed by atoms with E-state index in [-0.39, 0.29) is 5.78 Å². The van der Waals surface area contributed by atoms with Crippen molar-refractivity contribution in [3.63, 3.8) is 0 Å². The SMILES string of the molecule is Cc1ccc(Oc2ccc(-c3cn(C)c(C(=O)c4nc(-c5ccc(Oc6ccc(C)cc6)cc5)cn4C)n3)cc2)cc1. The van der Waals surface area contributed by atoms with Crippen LogP contribution in [0.1, 0.15) is 27.6 Å². The Bertz CT molecular complexity index is 1710. The van der Waals surface area contributed by atoms with E-state index in [1.54, 1.807) is 9.13 Å². The molecule has 2 aromatic heterocycles. The Morgan fingerprint density at radius 1 is 0.524 bits per heavy atom. The average molecular weight is 555 g/mol. The molecule has 208 valence electrons. The third-order valence-electron chi connectivity index (χ3n) is 6.97. The van der Waals surface area contributed by atoms with Crippen molar-refractivity contribution in [3.8, 4) is 45.5 Å². The summed E-state index contributed by atoms with van der Waals surface area (Å²) < 4.78 is 15.4. The molecule has 0 atom stereocenters. The molecule has 0 radical (unpaired) electrons. The molecule has 7 heteroatoms. The second-order valence-electron chi connectivity index (χ2n) is 10.3. The Morgan fingerprint density at radius 2 is 0.833 bits per heavy atom. The number of imidazole rings is 2. The molecule has 0 N–H and O–H groups in total. The van der Waals surface area contributed by atoms with Gasteiger partial charge in [-0.3, -0.25) is 4.79 Å². The maximum Gasteiger partial charge on any atom is 0.263 e. The third kappa shape index (κ3) is 5.71. The smallest absolute Gasteiger partial charge is 0.263 e. The molecule has 0 bridgehead atoms. The maximum atomic E-state index is 13.5. The van der Waals surface area contributed by atoms with E-state index >= 15 is 0 Å². The molecule has 0 saturated heterocycles. The predicted molar refractivity (Wildman–Crippen MR) is 163 cm³/mol. The molecule has 0 fully saturated rings. The minimum atomic E-state index is -0.254. The number of hydrogen-bond acceptors (Lipinski definition) is 5. The van der Waals surface area contributed by atoms with Crippen molar-refractivity contribution in [2.45, 2.75) is 13.8 Å². The molecule has 4 aromatic carbocycles. The van der Waals surface area contributed by atoms with Gasteiger partial charge in [0.1, 0.15) is 23.0 Å². The molecule has 0 aliphatic rings. The zero-order chi connectivity index (χ0) is 29.2. The molecule has 7 nitrogen and oxygen atoms in total. The van der Waals surface area contributed by atoms with Crippen LogP contribution in [0.2, 0.25) is 0 Å². The van der Waals surface area contributed by atoms with Gasteiger partial charge in [-0.25, -0.2) is 9.97 Å². The molecular weight excluding hydrogens is 524 g/mol. The van der Waals surface area contributed by atoms with Crippen LogP contribution in [0.25, 0.3) is 22.5 Å². The summed E-state index contributed by atoms with van der Waals surface area (Å²) >= 11 is 0. The highest BCUT2D eigenvalue weighted by molar-refractivity contribution is 6.05. The summed E-state index contributed by atoms with van der Waals surface area (Å²) in [4.78, 5) is 22.9. The standard InChI is InChI=1S/C35H30N4O3/c1-23-5-13-27(14-6-23)41-29-17-9-25(10-18-29)31-21-38(3)34(36-31)33(40)35-37-32(22-39(35)4)26-11-19-30(20-12-26)42-28-15-7-24(2)8-16-28/h5-22H,1-4H3. The van der Waals surface area contributed by atoms with Crippen molar-refractivity contribution in [2.75, 3.05) is 0 Å². The lowest BCUT2D eigenvalue weighted by molar-refractivity contribution is 0.101. The highest BCUT2D eigenvalue weighted by atomic mass is 16.5. The van der Waals surface area contributed by atoms with Gasteiger partial charge in [0.2, 0.25) is 0 Å². The van der Waals surface area contributed by atoms with Crippen LogP contribution in [-0.2, 0) is 14.1 Å². The van der Waals surface area contributed by atoms with Gasteiger partial charge in [0.25, 0.3) is 5.78 Å². The number of aromatic nitrogens is 4.